The van der Waals surface area contributed by atoms with E-state index >= 15 is 0 Å². The van der Waals surface area contributed by atoms with Crippen molar-refractivity contribution in [2.24, 2.45) is 5.73 Å². The predicted molar refractivity (Wildman–Crippen MR) is 106 cm³/mol. The van der Waals surface area contributed by atoms with Gasteiger partial charge in [0.2, 0.25) is 5.91 Å². The van der Waals surface area contributed by atoms with E-state index in [1.54, 1.807) is 6.07 Å². The Labute approximate surface area is 196 Å². The van der Waals surface area contributed by atoms with Gasteiger partial charge in [-0.1, -0.05) is 6.07 Å². The Bertz CT molecular complexity index is 861. The number of nitrogens with zero attached hydrogens (tertiary/aromatic N) is 1. The average Bonchev–Trinajstić information content (AvgIpc) is 3.15. The zero-order valence-corrected chi connectivity index (χ0v) is 16.3. The maximum absolute atomic E-state index is 12.8. The normalized spacial score (nSPS) is 22.9. The van der Waals surface area contributed by atoms with E-state index < -0.39 is 35.0 Å². The Morgan fingerprint density at radius 1 is 1.45 bits per heavy atom. The average molecular weight is 451 g/mol. The van der Waals surface area contributed by atoms with Crippen LogP contribution in [0.2, 0.25) is 0 Å². The fourth-order valence-electron chi connectivity index (χ4n) is 3.04. The third-order valence-corrected chi connectivity index (χ3v) is 6.51. The van der Waals surface area contributed by atoms with Gasteiger partial charge < -0.3 is 25.6 Å². The molecule has 1 aromatic heterocycles. The monoisotopic (exact) mass is 451 g/mol. The molecule has 2 unspecified atom stereocenters. The molecule has 1 fully saturated rings. The summed E-state index contributed by atoms with van der Waals surface area (Å²) in [6, 6.07) is 3.61. The number of aliphatic carboxylic acids is 1. The number of β-lactam (4-membered cyclic amide) rings is 1. The molecule has 0 saturated carbocycles. The Balaban J connectivity index is 0.00000300. The summed E-state index contributed by atoms with van der Waals surface area (Å²) in [4.78, 5) is 49.6. The Kier molecular flexibility index (Phi) is 7.76. The molecule has 13 heteroatoms. The molecular formula is C16H18N3NaO7S2. The van der Waals surface area contributed by atoms with Crippen LogP contribution in [0.3, 0.4) is 0 Å². The fraction of sp³-hybridized carbons (Fsp3) is 0.375. The molecular weight excluding hydrogens is 433 g/mol. The molecule has 3 heterocycles. The maximum atomic E-state index is 12.8. The number of fused-ring (bicyclic) bond motifs is 1. The van der Waals surface area contributed by atoms with Crippen LogP contribution in [0.1, 0.15) is 4.88 Å². The van der Waals surface area contributed by atoms with E-state index in [1.165, 1.54) is 30.2 Å². The molecule has 3 amide bonds. The molecule has 0 spiro atoms. The summed E-state index contributed by atoms with van der Waals surface area (Å²) < 4.78 is 10.0. The molecule has 1 saturated heterocycles. The molecule has 10 nitrogen and oxygen atoms in total. The number of carboxylic acid groups (broad SMARTS) is 1. The molecule has 3 rings (SSSR count). The van der Waals surface area contributed by atoms with Crippen molar-refractivity contribution in [3.05, 3.63) is 33.7 Å². The zero-order chi connectivity index (χ0) is 20.5. The fourth-order valence-corrected chi connectivity index (χ4v) is 5.16. The Hall–Kier alpha value is -1.57. The zero-order valence-electron chi connectivity index (χ0n) is 14.7. The number of rotatable bonds is 7. The van der Waals surface area contributed by atoms with Crippen LogP contribution in [-0.2, 0) is 30.3 Å². The van der Waals surface area contributed by atoms with Gasteiger partial charge in [-0.15, -0.1) is 23.1 Å². The number of carbonyl (C=O) groups excluding carboxylic acids is 3. The number of carboxylic acids is 1. The molecule has 0 aromatic carbocycles. The van der Waals surface area contributed by atoms with Crippen LogP contribution in [0.15, 0.2) is 28.8 Å². The number of nitrogens with one attached hydrogen (secondary N) is 1. The number of thiophene rings is 1. The molecule has 1 aromatic rings. The first-order chi connectivity index (χ1) is 13.3. The van der Waals surface area contributed by atoms with E-state index in [1.807, 2.05) is 11.4 Å². The number of ether oxygens (including phenoxy) is 2. The van der Waals surface area contributed by atoms with Crippen molar-refractivity contribution in [3.63, 3.8) is 0 Å². The number of thioether (sulfide) groups is 1. The van der Waals surface area contributed by atoms with Crippen LogP contribution in [0.4, 0.5) is 4.79 Å². The molecule has 2 aliphatic rings. The second-order valence-corrected chi connectivity index (χ2v) is 8.05. The number of amides is 3. The molecule has 0 aliphatic carbocycles. The molecule has 2 atom stereocenters. The first-order valence-electron chi connectivity index (χ1n) is 8.01. The van der Waals surface area contributed by atoms with Gasteiger partial charge in [0.25, 0.3) is 11.6 Å². The minimum absolute atomic E-state index is 0. The van der Waals surface area contributed by atoms with Crippen molar-refractivity contribution in [3.8, 4) is 0 Å². The predicted octanol–water partition coefficient (Wildman–Crippen LogP) is -0.550. The molecule has 29 heavy (non-hydrogen) atoms. The van der Waals surface area contributed by atoms with Gasteiger partial charge in [-0.05, 0) is 11.4 Å². The first-order valence-corrected chi connectivity index (χ1v) is 9.94. The Morgan fingerprint density at radius 3 is 2.72 bits per heavy atom. The van der Waals surface area contributed by atoms with Gasteiger partial charge in [0.1, 0.15) is 17.7 Å². The summed E-state index contributed by atoms with van der Waals surface area (Å²) in [5.41, 5.74) is 3.20. The Morgan fingerprint density at radius 2 is 2.17 bits per heavy atom. The SMILES string of the molecule is COC1(NC(=O)Cc2cccs2)C(=O)N2C(C(=O)O)=C(COC(N)=O)CSC21.[NaH]. The topological polar surface area (TPSA) is 148 Å². The van der Waals surface area contributed by atoms with Gasteiger partial charge in [0.05, 0.1) is 6.42 Å². The van der Waals surface area contributed by atoms with E-state index in [9.17, 15) is 24.3 Å². The van der Waals surface area contributed by atoms with E-state index in [0.29, 0.717) is 0 Å². The number of methoxy groups -OCH3 is 1. The molecule has 152 valence electrons. The van der Waals surface area contributed by atoms with Crippen molar-refractivity contribution in [2.75, 3.05) is 19.5 Å². The van der Waals surface area contributed by atoms with Crippen LogP contribution in [0.5, 0.6) is 0 Å². The van der Waals surface area contributed by atoms with Crippen LogP contribution < -0.4 is 11.1 Å². The number of carbonyl (C=O) groups is 4. The summed E-state index contributed by atoms with van der Waals surface area (Å²) in [5, 5.41) is 13.2. The van der Waals surface area contributed by atoms with Crippen LogP contribution in [0, 0.1) is 0 Å². The second kappa shape index (κ2) is 9.49. The van der Waals surface area contributed by atoms with Crippen molar-refractivity contribution >= 4 is 76.5 Å². The van der Waals surface area contributed by atoms with Crippen molar-refractivity contribution in [1.29, 1.82) is 0 Å². The van der Waals surface area contributed by atoms with Gasteiger partial charge in [-0.25, -0.2) is 9.59 Å². The first kappa shape index (κ1) is 23.7. The molecule has 0 bridgehead atoms. The molecule has 4 N–H and O–H groups in total. The molecule has 0 radical (unpaired) electrons. The van der Waals surface area contributed by atoms with Crippen LogP contribution in [0.25, 0.3) is 0 Å². The van der Waals surface area contributed by atoms with Gasteiger partial charge in [0.15, 0.2) is 0 Å². The number of nitrogens with two attached hydrogens (primary N) is 1. The van der Waals surface area contributed by atoms with E-state index in [-0.39, 0.29) is 59.6 Å². The second-order valence-electron chi connectivity index (χ2n) is 5.95. The van der Waals surface area contributed by atoms with Gasteiger partial charge in [-0.2, -0.15) is 0 Å². The minimum atomic E-state index is -1.66. The van der Waals surface area contributed by atoms with Crippen LogP contribution in [-0.4, -0.2) is 94.0 Å². The summed E-state index contributed by atoms with van der Waals surface area (Å²) in [7, 11) is 1.27. The number of hydrogen-bond acceptors (Lipinski definition) is 8. The number of hydrogen-bond donors (Lipinski definition) is 3. The van der Waals surface area contributed by atoms with Crippen molar-refractivity contribution < 1.29 is 33.8 Å². The van der Waals surface area contributed by atoms with Gasteiger partial charge >= 0.3 is 41.6 Å². The quantitative estimate of drug-likeness (QED) is 0.284. The summed E-state index contributed by atoms with van der Waals surface area (Å²) in [6.45, 7) is -0.342. The van der Waals surface area contributed by atoms with E-state index in [0.717, 1.165) is 9.78 Å². The molecule has 2 aliphatic heterocycles. The van der Waals surface area contributed by atoms with Gasteiger partial charge in [0, 0.05) is 23.3 Å². The van der Waals surface area contributed by atoms with E-state index in [2.05, 4.69) is 10.1 Å². The van der Waals surface area contributed by atoms with Crippen LogP contribution >= 0.6 is 23.1 Å². The van der Waals surface area contributed by atoms with E-state index in [4.69, 9.17) is 10.5 Å². The summed E-state index contributed by atoms with van der Waals surface area (Å²) in [5.74, 6) is -2.31. The standard InChI is InChI=1S/C16H17N3O7S2.Na.H/c1-25-16(18-10(20)5-9-3-2-4-27-9)13(23)19-11(12(21)22)8(6-26-15(17)24)7-28-14(16)19;;/h2-4,14H,5-7H2,1H3,(H2,17,24)(H,18,20)(H,21,22);;. The summed E-state index contributed by atoms with van der Waals surface area (Å²) in [6.07, 6.45) is -0.973. The third-order valence-electron chi connectivity index (χ3n) is 4.26. The summed E-state index contributed by atoms with van der Waals surface area (Å²) >= 11 is 2.60. The third kappa shape index (κ3) is 4.47. The van der Waals surface area contributed by atoms with Crippen molar-refractivity contribution in [2.45, 2.75) is 17.5 Å². The van der Waals surface area contributed by atoms with Gasteiger partial charge in [-0.3, -0.25) is 14.5 Å². The number of primary amides is 1. The van der Waals surface area contributed by atoms with Crippen molar-refractivity contribution in [1.82, 2.24) is 10.2 Å².